The van der Waals surface area contributed by atoms with Crippen LogP contribution in [-0.2, 0) is 0 Å². The molecule has 0 atom stereocenters. The summed E-state index contributed by atoms with van der Waals surface area (Å²) in [4.78, 5) is 8.71. The minimum atomic E-state index is 0.194. The predicted octanol–water partition coefficient (Wildman–Crippen LogP) is 3.83. The smallest absolute Gasteiger partial charge is 0.231 e. The summed E-state index contributed by atoms with van der Waals surface area (Å²) in [5.41, 5.74) is 1.62. The highest BCUT2D eigenvalue weighted by Crippen LogP contribution is 2.35. The summed E-state index contributed by atoms with van der Waals surface area (Å²) < 4.78 is 12.6. The van der Waals surface area contributed by atoms with Crippen LogP contribution in [0.1, 0.15) is 25.6 Å². The lowest BCUT2D eigenvalue weighted by atomic mass is 10.2. The highest BCUT2D eigenvalue weighted by Gasteiger charge is 2.20. The lowest BCUT2D eigenvalue weighted by molar-refractivity contribution is 0.174. The molecule has 0 amide bonds. The number of halogens is 1. The molecule has 0 unspecified atom stereocenters. The number of fused-ring (bicyclic) bond motifs is 1. The van der Waals surface area contributed by atoms with Crippen LogP contribution in [0.5, 0.6) is 11.5 Å². The van der Waals surface area contributed by atoms with E-state index in [1.54, 1.807) is 17.1 Å². The third-order valence-corrected chi connectivity index (χ3v) is 4.06. The molecule has 1 aliphatic rings. The SMILES string of the molecule is CC(C)c1nc(-c2ccncc2Cl)n(-c2ccc3c(c2)OCO3)n1. The van der Waals surface area contributed by atoms with E-state index in [4.69, 9.17) is 21.1 Å². The van der Waals surface area contributed by atoms with Crippen molar-refractivity contribution in [3.63, 3.8) is 0 Å². The van der Waals surface area contributed by atoms with Gasteiger partial charge in [-0.3, -0.25) is 4.98 Å². The van der Waals surface area contributed by atoms with Gasteiger partial charge in [-0.2, -0.15) is 5.10 Å². The Bertz CT molecular complexity index is 907. The average Bonchev–Trinajstić information content (AvgIpc) is 3.21. The molecule has 2 aromatic heterocycles. The minimum absolute atomic E-state index is 0.194. The largest absolute Gasteiger partial charge is 0.454 e. The number of ether oxygens (including phenoxy) is 2. The fourth-order valence-electron chi connectivity index (χ4n) is 2.50. The lowest BCUT2D eigenvalue weighted by Gasteiger charge is -2.08. The van der Waals surface area contributed by atoms with E-state index >= 15 is 0 Å². The Morgan fingerprint density at radius 3 is 2.79 bits per heavy atom. The number of hydrogen-bond acceptors (Lipinski definition) is 5. The van der Waals surface area contributed by atoms with E-state index in [-0.39, 0.29) is 12.7 Å². The normalized spacial score (nSPS) is 12.8. The van der Waals surface area contributed by atoms with Gasteiger partial charge in [0.2, 0.25) is 6.79 Å². The maximum absolute atomic E-state index is 6.31. The number of pyridine rings is 1. The van der Waals surface area contributed by atoms with Crippen LogP contribution >= 0.6 is 11.6 Å². The van der Waals surface area contributed by atoms with Crippen molar-refractivity contribution in [3.05, 3.63) is 47.5 Å². The summed E-state index contributed by atoms with van der Waals surface area (Å²) in [5, 5.41) is 5.18. The van der Waals surface area contributed by atoms with E-state index in [2.05, 4.69) is 28.9 Å². The van der Waals surface area contributed by atoms with Crippen LogP contribution in [0.2, 0.25) is 5.02 Å². The second kappa shape index (κ2) is 5.79. The van der Waals surface area contributed by atoms with Crippen molar-refractivity contribution >= 4 is 11.6 Å². The zero-order valence-electron chi connectivity index (χ0n) is 13.2. The van der Waals surface area contributed by atoms with Gasteiger partial charge in [-0.15, -0.1) is 0 Å². The number of benzene rings is 1. The number of hydrogen-bond donors (Lipinski definition) is 0. The van der Waals surface area contributed by atoms with Crippen molar-refractivity contribution in [1.82, 2.24) is 19.7 Å². The van der Waals surface area contributed by atoms with Crippen LogP contribution in [0.3, 0.4) is 0 Å². The van der Waals surface area contributed by atoms with Crippen molar-refractivity contribution in [1.29, 1.82) is 0 Å². The van der Waals surface area contributed by atoms with Crippen molar-refractivity contribution < 1.29 is 9.47 Å². The lowest BCUT2D eigenvalue weighted by Crippen LogP contribution is -2.01. The molecular formula is C17H15ClN4O2. The quantitative estimate of drug-likeness (QED) is 0.723. The molecule has 6 nitrogen and oxygen atoms in total. The molecule has 0 radical (unpaired) electrons. The fraction of sp³-hybridized carbons (Fsp3) is 0.235. The topological polar surface area (TPSA) is 62.1 Å². The fourth-order valence-corrected chi connectivity index (χ4v) is 2.70. The third kappa shape index (κ3) is 2.49. The van der Waals surface area contributed by atoms with Crippen molar-refractivity contribution in [2.45, 2.75) is 19.8 Å². The van der Waals surface area contributed by atoms with Gasteiger partial charge in [0.15, 0.2) is 23.1 Å². The van der Waals surface area contributed by atoms with Crippen LogP contribution in [-0.4, -0.2) is 26.5 Å². The predicted molar refractivity (Wildman–Crippen MR) is 89.8 cm³/mol. The van der Waals surface area contributed by atoms with E-state index in [9.17, 15) is 0 Å². The monoisotopic (exact) mass is 342 g/mol. The van der Waals surface area contributed by atoms with Gasteiger partial charge in [0, 0.05) is 29.9 Å². The molecule has 0 bridgehead atoms. The van der Waals surface area contributed by atoms with E-state index in [1.807, 2.05) is 24.3 Å². The molecule has 1 aliphatic heterocycles. The Hall–Kier alpha value is -2.60. The summed E-state index contributed by atoms with van der Waals surface area (Å²) >= 11 is 6.31. The molecule has 0 N–H and O–H groups in total. The van der Waals surface area contributed by atoms with E-state index in [1.165, 1.54) is 0 Å². The molecular weight excluding hydrogens is 328 g/mol. The van der Waals surface area contributed by atoms with E-state index < -0.39 is 0 Å². The molecule has 0 saturated heterocycles. The molecule has 0 saturated carbocycles. The molecule has 3 heterocycles. The second-order valence-electron chi connectivity index (χ2n) is 5.75. The molecule has 3 aromatic rings. The zero-order valence-corrected chi connectivity index (χ0v) is 14.0. The standard InChI is InChI=1S/C17H15ClN4O2/c1-10(2)16-20-17(12-5-6-19-8-13(12)18)22(21-16)11-3-4-14-15(7-11)24-9-23-14/h3-8,10H,9H2,1-2H3. The second-order valence-corrected chi connectivity index (χ2v) is 6.16. The molecule has 4 rings (SSSR count). The first kappa shape index (κ1) is 15.0. The van der Waals surface area contributed by atoms with E-state index in [0.717, 1.165) is 22.8 Å². The van der Waals surface area contributed by atoms with Gasteiger partial charge < -0.3 is 9.47 Å². The van der Waals surface area contributed by atoms with Crippen molar-refractivity contribution in [3.8, 4) is 28.6 Å². The first-order valence-electron chi connectivity index (χ1n) is 7.60. The first-order chi connectivity index (χ1) is 11.6. The maximum Gasteiger partial charge on any atom is 0.231 e. The van der Waals surface area contributed by atoms with Crippen LogP contribution in [0.25, 0.3) is 17.1 Å². The molecule has 24 heavy (non-hydrogen) atoms. The Balaban J connectivity index is 1.90. The highest BCUT2D eigenvalue weighted by molar-refractivity contribution is 6.33. The number of aromatic nitrogens is 4. The summed E-state index contributed by atoms with van der Waals surface area (Å²) in [5.74, 6) is 3.03. The minimum Gasteiger partial charge on any atom is -0.454 e. The van der Waals surface area contributed by atoms with Gasteiger partial charge >= 0.3 is 0 Å². The Labute approximate surface area is 144 Å². The molecule has 0 aliphatic carbocycles. The Morgan fingerprint density at radius 1 is 1.17 bits per heavy atom. The number of nitrogens with zero attached hydrogens (tertiary/aromatic N) is 4. The van der Waals surface area contributed by atoms with E-state index in [0.29, 0.717) is 16.6 Å². The van der Waals surface area contributed by atoms with Crippen LogP contribution in [0.15, 0.2) is 36.7 Å². The number of rotatable bonds is 3. The molecule has 7 heteroatoms. The Kier molecular flexibility index (Phi) is 3.61. The summed E-state index contributed by atoms with van der Waals surface area (Å²) in [6.07, 6.45) is 3.29. The average molecular weight is 343 g/mol. The summed E-state index contributed by atoms with van der Waals surface area (Å²) in [6, 6.07) is 7.51. The van der Waals surface area contributed by atoms with Gasteiger partial charge in [0.1, 0.15) is 0 Å². The third-order valence-electron chi connectivity index (χ3n) is 3.75. The molecule has 0 fully saturated rings. The molecule has 1 aromatic carbocycles. The Morgan fingerprint density at radius 2 is 2.00 bits per heavy atom. The van der Waals surface area contributed by atoms with Crippen molar-refractivity contribution in [2.75, 3.05) is 6.79 Å². The van der Waals surface area contributed by atoms with Gasteiger partial charge in [0.05, 0.1) is 10.7 Å². The maximum atomic E-state index is 6.31. The van der Waals surface area contributed by atoms with Gasteiger partial charge in [-0.05, 0) is 18.2 Å². The van der Waals surface area contributed by atoms with Gasteiger partial charge in [-0.1, -0.05) is 25.4 Å². The summed E-state index contributed by atoms with van der Waals surface area (Å²) in [6.45, 7) is 4.34. The van der Waals surface area contributed by atoms with Crippen LogP contribution in [0, 0.1) is 0 Å². The van der Waals surface area contributed by atoms with Gasteiger partial charge in [-0.25, -0.2) is 9.67 Å². The molecule has 0 spiro atoms. The van der Waals surface area contributed by atoms with Crippen LogP contribution in [0.4, 0.5) is 0 Å². The molecule has 122 valence electrons. The zero-order chi connectivity index (χ0) is 16.7. The first-order valence-corrected chi connectivity index (χ1v) is 7.98. The summed E-state index contributed by atoms with van der Waals surface area (Å²) in [7, 11) is 0. The highest BCUT2D eigenvalue weighted by atomic mass is 35.5. The van der Waals surface area contributed by atoms with Gasteiger partial charge in [0.25, 0.3) is 0 Å². The van der Waals surface area contributed by atoms with Crippen molar-refractivity contribution in [2.24, 2.45) is 0 Å². The van der Waals surface area contributed by atoms with Crippen LogP contribution < -0.4 is 9.47 Å².